The van der Waals surface area contributed by atoms with Crippen LogP contribution in [-0.2, 0) is 4.79 Å². The zero-order chi connectivity index (χ0) is 16.8. The first-order valence-electron chi connectivity index (χ1n) is 7.77. The lowest BCUT2D eigenvalue weighted by atomic mass is 10.0. The highest BCUT2D eigenvalue weighted by molar-refractivity contribution is 6.31. The minimum absolute atomic E-state index is 0.0101. The lowest BCUT2D eigenvalue weighted by molar-refractivity contribution is -0.116. The molecule has 0 spiro atoms. The van der Waals surface area contributed by atoms with Gasteiger partial charge in [0.2, 0.25) is 5.91 Å². The van der Waals surface area contributed by atoms with Crippen LogP contribution in [0.4, 0.5) is 14.9 Å². The molecule has 1 aliphatic rings. The van der Waals surface area contributed by atoms with E-state index in [0.29, 0.717) is 12.1 Å². The average Bonchev–Trinajstić information content (AvgIpc) is 2.80. The fraction of sp³-hybridized carbons (Fsp3) is 0.500. The summed E-state index contributed by atoms with van der Waals surface area (Å²) in [6.07, 6.45) is 3.93. The van der Waals surface area contributed by atoms with Crippen LogP contribution in [0.2, 0.25) is 5.02 Å². The van der Waals surface area contributed by atoms with Gasteiger partial charge in [-0.1, -0.05) is 24.4 Å². The molecule has 2 atom stereocenters. The van der Waals surface area contributed by atoms with E-state index in [9.17, 15) is 14.0 Å². The Labute approximate surface area is 140 Å². The van der Waals surface area contributed by atoms with Crippen LogP contribution in [-0.4, -0.2) is 24.0 Å². The fourth-order valence-corrected chi connectivity index (χ4v) is 2.77. The second-order valence-corrected chi connectivity index (χ2v) is 6.20. The van der Waals surface area contributed by atoms with Crippen LogP contribution in [0, 0.1) is 5.82 Å². The molecule has 2 rings (SSSR count). The number of amides is 3. The molecule has 0 saturated carbocycles. The standard InChI is InChI=1S/C16H21ClFN3O2/c1-10-14(21-16(23)19-10)5-3-2-4-6-15(22)20-11-7-8-13(18)12(17)9-11/h7-10,14H,2-6H2,1H3,(H,20,22)(H2,19,21,23)/t10-,14+/m1/s1. The number of rotatable bonds is 7. The van der Waals surface area contributed by atoms with Crippen molar-refractivity contribution in [1.29, 1.82) is 0 Å². The van der Waals surface area contributed by atoms with Gasteiger partial charge in [-0.15, -0.1) is 0 Å². The Kier molecular flexibility index (Phi) is 6.21. The van der Waals surface area contributed by atoms with Crippen molar-refractivity contribution in [3.05, 3.63) is 29.0 Å². The summed E-state index contributed by atoms with van der Waals surface area (Å²) >= 11 is 5.67. The summed E-state index contributed by atoms with van der Waals surface area (Å²) < 4.78 is 13.0. The molecule has 0 aliphatic carbocycles. The number of hydrogen-bond acceptors (Lipinski definition) is 2. The van der Waals surface area contributed by atoms with Crippen molar-refractivity contribution >= 4 is 29.2 Å². The number of urea groups is 1. The molecule has 0 bridgehead atoms. The molecule has 1 aromatic rings. The van der Waals surface area contributed by atoms with Gasteiger partial charge in [0, 0.05) is 18.2 Å². The molecule has 23 heavy (non-hydrogen) atoms. The lowest BCUT2D eigenvalue weighted by Gasteiger charge is -2.13. The number of unbranched alkanes of at least 4 members (excludes halogenated alkanes) is 2. The number of anilines is 1. The van der Waals surface area contributed by atoms with E-state index in [2.05, 4.69) is 16.0 Å². The molecule has 7 heteroatoms. The Hall–Kier alpha value is -1.82. The summed E-state index contributed by atoms with van der Waals surface area (Å²) in [5.41, 5.74) is 0.495. The fourth-order valence-electron chi connectivity index (χ4n) is 2.59. The number of hydrogen-bond donors (Lipinski definition) is 3. The summed E-state index contributed by atoms with van der Waals surface area (Å²) in [5, 5.41) is 8.37. The molecule has 0 radical (unpaired) electrons. The Morgan fingerprint density at radius 2 is 2.09 bits per heavy atom. The Bertz CT molecular complexity index is 582. The number of nitrogens with one attached hydrogen (secondary N) is 3. The average molecular weight is 342 g/mol. The summed E-state index contributed by atoms with van der Waals surface area (Å²) in [7, 11) is 0. The van der Waals surface area contributed by atoms with Crippen molar-refractivity contribution < 1.29 is 14.0 Å². The van der Waals surface area contributed by atoms with E-state index >= 15 is 0 Å². The molecule has 1 heterocycles. The lowest BCUT2D eigenvalue weighted by Crippen LogP contribution is -2.30. The van der Waals surface area contributed by atoms with Gasteiger partial charge in [0.05, 0.1) is 11.1 Å². The third-order valence-corrected chi connectivity index (χ3v) is 4.19. The van der Waals surface area contributed by atoms with Gasteiger partial charge in [-0.3, -0.25) is 4.79 Å². The molecule has 126 valence electrons. The van der Waals surface area contributed by atoms with Crippen molar-refractivity contribution in [1.82, 2.24) is 10.6 Å². The van der Waals surface area contributed by atoms with E-state index in [0.717, 1.165) is 25.7 Å². The SMILES string of the molecule is C[C@H]1NC(=O)N[C@H]1CCCCCC(=O)Nc1ccc(F)c(Cl)c1. The molecule has 0 aromatic heterocycles. The van der Waals surface area contributed by atoms with E-state index in [1.165, 1.54) is 18.2 Å². The predicted molar refractivity (Wildman–Crippen MR) is 88.0 cm³/mol. The molecule has 3 N–H and O–H groups in total. The molecule has 5 nitrogen and oxygen atoms in total. The van der Waals surface area contributed by atoms with Crippen molar-refractivity contribution in [2.24, 2.45) is 0 Å². The van der Waals surface area contributed by atoms with Gasteiger partial charge in [0.25, 0.3) is 0 Å². The molecular formula is C16H21ClFN3O2. The number of carbonyl (C=O) groups excluding carboxylic acids is 2. The molecule has 3 amide bonds. The normalized spacial score (nSPS) is 20.0. The Balaban J connectivity index is 1.61. The topological polar surface area (TPSA) is 70.2 Å². The maximum Gasteiger partial charge on any atom is 0.315 e. The Morgan fingerprint density at radius 3 is 2.74 bits per heavy atom. The highest BCUT2D eigenvalue weighted by Crippen LogP contribution is 2.19. The van der Waals surface area contributed by atoms with Crippen LogP contribution in [0.1, 0.15) is 39.0 Å². The first-order chi connectivity index (χ1) is 11.0. The third kappa shape index (κ3) is 5.39. The van der Waals surface area contributed by atoms with Crippen LogP contribution >= 0.6 is 11.6 Å². The van der Waals surface area contributed by atoms with Crippen molar-refractivity contribution in [3.8, 4) is 0 Å². The van der Waals surface area contributed by atoms with Crippen LogP contribution < -0.4 is 16.0 Å². The summed E-state index contributed by atoms with van der Waals surface area (Å²) in [6.45, 7) is 1.98. The van der Waals surface area contributed by atoms with E-state index in [1.54, 1.807) is 0 Å². The van der Waals surface area contributed by atoms with Gasteiger partial charge < -0.3 is 16.0 Å². The van der Waals surface area contributed by atoms with Gasteiger partial charge in [-0.2, -0.15) is 0 Å². The largest absolute Gasteiger partial charge is 0.334 e. The van der Waals surface area contributed by atoms with E-state index < -0.39 is 5.82 Å². The smallest absolute Gasteiger partial charge is 0.315 e. The predicted octanol–water partition coefficient (Wildman–Crippen LogP) is 3.44. The zero-order valence-corrected chi connectivity index (χ0v) is 13.8. The highest BCUT2D eigenvalue weighted by atomic mass is 35.5. The second kappa shape index (κ2) is 8.15. The summed E-state index contributed by atoms with van der Waals surface area (Å²) in [4.78, 5) is 23.0. The number of benzene rings is 1. The van der Waals surface area contributed by atoms with Gasteiger partial charge in [0.1, 0.15) is 5.82 Å². The van der Waals surface area contributed by atoms with Crippen molar-refractivity contribution in [2.45, 2.75) is 51.1 Å². The second-order valence-electron chi connectivity index (χ2n) is 5.79. The van der Waals surface area contributed by atoms with Gasteiger partial charge >= 0.3 is 6.03 Å². The van der Waals surface area contributed by atoms with Crippen molar-refractivity contribution in [3.63, 3.8) is 0 Å². The summed E-state index contributed by atoms with van der Waals surface area (Å²) in [6, 6.07) is 4.30. The van der Waals surface area contributed by atoms with E-state index in [1.807, 2.05) is 6.92 Å². The molecule has 1 fully saturated rings. The number of halogens is 2. The minimum Gasteiger partial charge on any atom is -0.334 e. The molecule has 0 unspecified atom stereocenters. The monoisotopic (exact) mass is 341 g/mol. The minimum atomic E-state index is -0.507. The van der Waals surface area contributed by atoms with Gasteiger partial charge in [-0.25, -0.2) is 9.18 Å². The third-order valence-electron chi connectivity index (χ3n) is 3.90. The van der Waals surface area contributed by atoms with Crippen LogP contribution in [0.25, 0.3) is 0 Å². The quantitative estimate of drug-likeness (QED) is 0.665. The maximum atomic E-state index is 13.0. The molecule has 1 saturated heterocycles. The number of carbonyl (C=O) groups is 2. The van der Waals surface area contributed by atoms with E-state index in [4.69, 9.17) is 11.6 Å². The van der Waals surface area contributed by atoms with Crippen LogP contribution in [0.15, 0.2) is 18.2 Å². The maximum absolute atomic E-state index is 13.0. The van der Waals surface area contributed by atoms with Gasteiger partial charge in [0.15, 0.2) is 0 Å². The zero-order valence-electron chi connectivity index (χ0n) is 13.0. The molecular weight excluding hydrogens is 321 g/mol. The van der Waals surface area contributed by atoms with Crippen molar-refractivity contribution in [2.75, 3.05) is 5.32 Å². The Morgan fingerprint density at radius 1 is 1.30 bits per heavy atom. The van der Waals surface area contributed by atoms with Crippen LogP contribution in [0.5, 0.6) is 0 Å². The first kappa shape index (κ1) is 17.5. The van der Waals surface area contributed by atoms with E-state index in [-0.39, 0.29) is 29.0 Å². The first-order valence-corrected chi connectivity index (χ1v) is 8.15. The molecule has 1 aliphatic heterocycles. The molecule has 1 aromatic carbocycles. The highest BCUT2D eigenvalue weighted by Gasteiger charge is 2.26. The van der Waals surface area contributed by atoms with Crippen LogP contribution in [0.3, 0.4) is 0 Å². The summed E-state index contributed by atoms with van der Waals surface area (Å²) in [5.74, 6) is -0.621. The van der Waals surface area contributed by atoms with Gasteiger partial charge in [-0.05, 0) is 38.0 Å².